The first kappa shape index (κ1) is 14.3. The fraction of sp³-hybridized carbons (Fsp3) is 0.600. The van der Waals surface area contributed by atoms with Gasteiger partial charge in [-0.3, -0.25) is 0 Å². The van der Waals surface area contributed by atoms with Crippen LogP contribution in [-0.4, -0.2) is 27.2 Å². The van der Waals surface area contributed by atoms with Crippen molar-refractivity contribution in [3.05, 3.63) is 29.6 Å². The predicted octanol–water partition coefficient (Wildman–Crippen LogP) is 2.48. The molecule has 0 amide bonds. The summed E-state index contributed by atoms with van der Waals surface area (Å²) in [6.07, 6.45) is 3.47. The van der Waals surface area contributed by atoms with Gasteiger partial charge in [0, 0.05) is 6.04 Å². The van der Waals surface area contributed by atoms with Crippen LogP contribution in [0.2, 0.25) is 0 Å². The van der Waals surface area contributed by atoms with E-state index in [1.54, 1.807) is 12.1 Å². The minimum absolute atomic E-state index is 0.212. The molecule has 0 radical (unpaired) electrons. The van der Waals surface area contributed by atoms with Gasteiger partial charge >= 0.3 is 0 Å². The second kappa shape index (κ2) is 6.87. The third-order valence-corrected chi connectivity index (χ3v) is 3.95. The molecule has 0 bridgehead atoms. The monoisotopic (exact) mass is 266 g/mol. The highest BCUT2D eigenvalue weighted by atomic mass is 19.1. The Morgan fingerprint density at radius 2 is 2.16 bits per heavy atom. The molecule has 2 N–H and O–H groups in total. The van der Waals surface area contributed by atoms with Crippen molar-refractivity contribution in [3.63, 3.8) is 0 Å². The van der Waals surface area contributed by atoms with Gasteiger partial charge in [-0.2, -0.15) is 0 Å². The number of hydrogen-bond donors (Lipinski definition) is 2. The molecule has 0 aliphatic carbocycles. The molecule has 0 saturated carbocycles. The molecule has 1 atom stereocenters. The molecule has 0 aromatic heterocycles. The molecule has 106 valence electrons. The maximum Gasteiger partial charge on any atom is 0.165 e. The first-order valence-corrected chi connectivity index (χ1v) is 6.96. The Balaban J connectivity index is 2.05. The molecule has 2 rings (SSSR count). The number of ether oxygens (including phenoxy) is 1. The van der Waals surface area contributed by atoms with Gasteiger partial charge in [-0.15, -0.1) is 0 Å². The largest absolute Gasteiger partial charge is 0.494 e. The van der Waals surface area contributed by atoms with Crippen LogP contribution in [0, 0.1) is 11.7 Å². The van der Waals surface area contributed by atoms with Crippen LogP contribution in [0.3, 0.4) is 0 Å². The molecule has 0 spiro atoms. The van der Waals surface area contributed by atoms with Crippen molar-refractivity contribution in [2.24, 2.45) is 5.92 Å². The third kappa shape index (κ3) is 3.67. The standard InChI is InChI=1S/C15H23FN2O/c1-17-14(9-11-5-7-18-8-6-11)12-3-4-15(19-2)13(16)10-12/h3-4,10-11,14,17-18H,5-9H2,1-2H3. The van der Waals surface area contributed by atoms with E-state index in [1.165, 1.54) is 20.0 Å². The van der Waals surface area contributed by atoms with Gasteiger partial charge in [0.1, 0.15) is 0 Å². The van der Waals surface area contributed by atoms with Gasteiger partial charge in [-0.1, -0.05) is 6.07 Å². The summed E-state index contributed by atoms with van der Waals surface area (Å²) in [7, 11) is 3.43. The summed E-state index contributed by atoms with van der Waals surface area (Å²) in [5.41, 5.74) is 0.999. The molecule has 4 heteroatoms. The van der Waals surface area contributed by atoms with E-state index in [0.29, 0.717) is 11.7 Å². The Morgan fingerprint density at radius 3 is 2.74 bits per heavy atom. The maximum atomic E-state index is 13.8. The third-order valence-electron chi connectivity index (χ3n) is 3.95. The Morgan fingerprint density at radius 1 is 1.42 bits per heavy atom. The van der Waals surface area contributed by atoms with Gasteiger partial charge in [0.05, 0.1) is 7.11 Å². The summed E-state index contributed by atoms with van der Waals surface area (Å²) < 4.78 is 18.7. The summed E-state index contributed by atoms with van der Waals surface area (Å²) in [5, 5.41) is 6.68. The van der Waals surface area contributed by atoms with Crippen molar-refractivity contribution in [1.29, 1.82) is 0 Å². The second-order valence-corrected chi connectivity index (χ2v) is 5.16. The number of benzene rings is 1. The number of piperidine rings is 1. The highest BCUT2D eigenvalue weighted by molar-refractivity contribution is 5.31. The van der Waals surface area contributed by atoms with Crippen molar-refractivity contribution in [1.82, 2.24) is 10.6 Å². The lowest BCUT2D eigenvalue weighted by molar-refractivity contribution is 0.317. The van der Waals surface area contributed by atoms with Gasteiger partial charge in [0.15, 0.2) is 11.6 Å². The highest BCUT2D eigenvalue weighted by Gasteiger charge is 2.19. The molecule has 1 heterocycles. The van der Waals surface area contributed by atoms with Gasteiger partial charge in [-0.25, -0.2) is 4.39 Å². The molecule has 19 heavy (non-hydrogen) atoms. The Bertz CT molecular complexity index is 405. The maximum absolute atomic E-state index is 13.8. The summed E-state index contributed by atoms with van der Waals surface area (Å²) in [5.74, 6) is 0.731. The SMILES string of the molecule is CNC(CC1CCNCC1)c1ccc(OC)c(F)c1. The van der Waals surface area contributed by atoms with E-state index in [-0.39, 0.29) is 11.9 Å². The van der Waals surface area contributed by atoms with Crippen LogP contribution in [-0.2, 0) is 0 Å². The Hall–Kier alpha value is -1.13. The quantitative estimate of drug-likeness (QED) is 0.859. The van der Waals surface area contributed by atoms with Gasteiger partial charge in [-0.05, 0) is 63.0 Å². The molecular formula is C15H23FN2O. The molecule has 1 aromatic carbocycles. The van der Waals surface area contributed by atoms with E-state index in [2.05, 4.69) is 10.6 Å². The van der Waals surface area contributed by atoms with Crippen LogP contribution in [0.5, 0.6) is 5.75 Å². The molecule has 1 aliphatic heterocycles. The van der Waals surface area contributed by atoms with E-state index in [0.717, 1.165) is 25.1 Å². The minimum Gasteiger partial charge on any atom is -0.494 e. The van der Waals surface area contributed by atoms with Crippen LogP contribution in [0.25, 0.3) is 0 Å². The summed E-state index contributed by atoms with van der Waals surface area (Å²) in [6.45, 7) is 2.19. The van der Waals surface area contributed by atoms with Crippen LogP contribution in [0.1, 0.15) is 30.9 Å². The normalized spacial score (nSPS) is 18.3. The van der Waals surface area contributed by atoms with Crippen LogP contribution in [0.4, 0.5) is 4.39 Å². The van der Waals surface area contributed by atoms with Crippen LogP contribution in [0.15, 0.2) is 18.2 Å². The van der Waals surface area contributed by atoms with Crippen molar-refractivity contribution in [2.75, 3.05) is 27.2 Å². The predicted molar refractivity (Wildman–Crippen MR) is 75.0 cm³/mol. The first-order chi connectivity index (χ1) is 9.24. The second-order valence-electron chi connectivity index (χ2n) is 5.16. The van der Waals surface area contributed by atoms with Crippen molar-refractivity contribution in [2.45, 2.75) is 25.3 Å². The molecule has 1 aromatic rings. The lowest BCUT2D eigenvalue weighted by Gasteiger charge is -2.27. The van der Waals surface area contributed by atoms with E-state index in [9.17, 15) is 4.39 Å². The number of halogens is 1. The van der Waals surface area contributed by atoms with Crippen molar-refractivity contribution < 1.29 is 9.13 Å². The zero-order valence-electron chi connectivity index (χ0n) is 11.7. The van der Waals surface area contributed by atoms with Gasteiger partial charge in [0.25, 0.3) is 0 Å². The van der Waals surface area contributed by atoms with Gasteiger partial charge < -0.3 is 15.4 Å². The van der Waals surface area contributed by atoms with Crippen molar-refractivity contribution >= 4 is 0 Å². The fourth-order valence-electron chi connectivity index (χ4n) is 2.77. The Kier molecular flexibility index (Phi) is 5.16. The lowest BCUT2D eigenvalue weighted by atomic mass is 9.88. The zero-order chi connectivity index (χ0) is 13.7. The average molecular weight is 266 g/mol. The fourth-order valence-corrected chi connectivity index (χ4v) is 2.77. The summed E-state index contributed by atoms with van der Waals surface area (Å²) >= 11 is 0. The van der Waals surface area contributed by atoms with Crippen LogP contribution < -0.4 is 15.4 Å². The molecular weight excluding hydrogens is 243 g/mol. The first-order valence-electron chi connectivity index (χ1n) is 6.96. The van der Waals surface area contributed by atoms with Gasteiger partial charge in [0.2, 0.25) is 0 Å². The van der Waals surface area contributed by atoms with E-state index >= 15 is 0 Å². The molecule has 1 fully saturated rings. The topological polar surface area (TPSA) is 33.3 Å². The van der Waals surface area contributed by atoms with E-state index in [1.807, 2.05) is 13.1 Å². The number of methoxy groups -OCH3 is 1. The van der Waals surface area contributed by atoms with Crippen molar-refractivity contribution in [3.8, 4) is 5.75 Å². The summed E-state index contributed by atoms with van der Waals surface area (Å²) in [4.78, 5) is 0. The number of hydrogen-bond acceptors (Lipinski definition) is 3. The lowest BCUT2D eigenvalue weighted by Crippen LogP contribution is -2.30. The van der Waals surface area contributed by atoms with E-state index < -0.39 is 0 Å². The minimum atomic E-state index is -0.287. The molecule has 1 saturated heterocycles. The molecule has 1 unspecified atom stereocenters. The average Bonchev–Trinajstić information content (AvgIpc) is 2.46. The Labute approximate surface area is 114 Å². The smallest absolute Gasteiger partial charge is 0.165 e. The number of nitrogens with one attached hydrogen (secondary N) is 2. The zero-order valence-corrected chi connectivity index (χ0v) is 11.7. The molecule has 1 aliphatic rings. The van der Waals surface area contributed by atoms with Crippen LogP contribution >= 0.6 is 0 Å². The molecule has 3 nitrogen and oxygen atoms in total. The summed E-state index contributed by atoms with van der Waals surface area (Å²) in [6, 6.07) is 5.45. The highest BCUT2D eigenvalue weighted by Crippen LogP contribution is 2.28. The van der Waals surface area contributed by atoms with E-state index in [4.69, 9.17) is 4.74 Å². The number of rotatable bonds is 5.